The number of nitrogens with zero attached hydrogens (tertiary/aromatic N) is 2. The van der Waals surface area contributed by atoms with Crippen LogP contribution < -0.4 is 4.72 Å². The first-order valence-electron chi connectivity index (χ1n) is 6.48. The van der Waals surface area contributed by atoms with Crippen LogP contribution in [0.2, 0.25) is 5.15 Å². The second kappa shape index (κ2) is 5.79. The molecule has 2 rings (SSSR count). The van der Waals surface area contributed by atoms with E-state index in [0.717, 1.165) is 16.7 Å². The van der Waals surface area contributed by atoms with Crippen molar-refractivity contribution in [3.8, 4) is 0 Å². The van der Waals surface area contributed by atoms with Gasteiger partial charge in [0.1, 0.15) is 5.15 Å². The summed E-state index contributed by atoms with van der Waals surface area (Å²) in [5.74, 6) is 0. The molecule has 114 valence electrons. The molecule has 21 heavy (non-hydrogen) atoms. The van der Waals surface area contributed by atoms with Crippen molar-refractivity contribution >= 4 is 21.6 Å². The molecular weight excluding hydrogens is 310 g/mol. The number of aromatic nitrogens is 2. The first kappa shape index (κ1) is 16.0. The molecule has 0 aliphatic heterocycles. The fraction of sp³-hybridized carbons (Fsp3) is 0.357. The lowest BCUT2D eigenvalue weighted by atomic mass is 10.0. The van der Waals surface area contributed by atoms with Crippen LogP contribution in [0.1, 0.15) is 29.7 Å². The molecule has 0 radical (unpaired) electrons. The van der Waals surface area contributed by atoms with Gasteiger partial charge in [0, 0.05) is 13.1 Å². The molecule has 1 N–H and O–H groups in total. The Hall–Kier alpha value is -1.37. The quantitative estimate of drug-likeness (QED) is 0.939. The molecule has 2 aromatic rings. The van der Waals surface area contributed by atoms with E-state index >= 15 is 0 Å². The minimum Gasteiger partial charge on any atom is -0.324 e. The molecule has 0 saturated heterocycles. The van der Waals surface area contributed by atoms with Crippen molar-refractivity contribution in [2.45, 2.75) is 31.8 Å². The van der Waals surface area contributed by atoms with Crippen molar-refractivity contribution in [2.24, 2.45) is 7.05 Å². The van der Waals surface area contributed by atoms with Crippen molar-refractivity contribution in [1.82, 2.24) is 14.3 Å². The Kier molecular flexibility index (Phi) is 4.41. The summed E-state index contributed by atoms with van der Waals surface area (Å²) in [5.41, 5.74) is 3.05. The predicted octanol–water partition coefficient (Wildman–Crippen LogP) is 2.73. The monoisotopic (exact) mass is 327 g/mol. The Labute approximate surface area is 130 Å². The van der Waals surface area contributed by atoms with Gasteiger partial charge < -0.3 is 4.57 Å². The van der Waals surface area contributed by atoms with Crippen molar-refractivity contribution in [1.29, 1.82) is 0 Å². The highest BCUT2D eigenvalue weighted by molar-refractivity contribution is 7.89. The molecular formula is C14H18ClN3O2S. The Morgan fingerprint density at radius 3 is 2.57 bits per heavy atom. The summed E-state index contributed by atoms with van der Waals surface area (Å²) in [4.78, 5) is 3.85. The predicted molar refractivity (Wildman–Crippen MR) is 82.9 cm³/mol. The highest BCUT2D eigenvalue weighted by Crippen LogP contribution is 2.23. The van der Waals surface area contributed by atoms with Crippen LogP contribution in [-0.4, -0.2) is 18.0 Å². The Balaban J connectivity index is 2.32. The van der Waals surface area contributed by atoms with Gasteiger partial charge in [-0.2, -0.15) is 0 Å². The second-order valence-electron chi connectivity index (χ2n) is 5.15. The number of aryl methyl sites for hydroxylation is 3. The minimum atomic E-state index is -3.76. The molecule has 0 fully saturated rings. The summed E-state index contributed by atoms with van der Waals surface area (Å²) in [5, 5.41) is -0.0560. The fourth-order valence-corrected chi connectivity index (χ4v) is 3.81. The zero-order valence-corrected chi connectivity index (χ0v) is 14.0. The molecule has 0 aliphatic rings. The SMILES string of the molecule is Cc1ccc(C)c(C(C)NS(=O)(=O)c2ncn(C)c2Cl)c1. The van der Waals surface area contributed by atoms with Gasteiger partial charge in [-0.3, -0.25) is 0 Å². The third-order valence-electron chi connectivity index (χ3n) is 3.32. The zero-order valence-electron chi connectivity index (χ0n) is 12.4. The lowest BCUT2D eigenvalue weighted by Gasteiger charge is -2.17. The largest absolute Gasteiger partial charge is 0.324 e. The smallest absolute Gasteiger partial charge is 0.261 e. The standard InChI is InChI=1S/C14H18ClN3O2S/c1-9-5-6-10(2)12(7-9)11(3)17-21(19,20)14-13(15)18(4)8-16-14/h5-8,11,17H,1-4H3. The van der Waals surface area contributed by atoms with Crippen LogP contribution in [0.3, 0.4) is 0 Å². The number of nitrogens with one attached hydrogen (secondary N) is 1. The summed E-state index contributed by atoms with van der Waals surface area (Å²) in [7, 11) is -2.12. The van der Waals surface area contributed by atoms with Gasteiger partial charge in [0.05, 0.1) is 6.33 Å². The van der Waals surface area contributed by atoms with Crippen LogP contribution in [0.15, 0.2) is 29.6 Å². The molecule has 5 nitrogen and oxygen atoms in total. The molecule has 1 atom stereocenters. The van der Waals surface area contributed by atoms with Crippen molar-refractivity contribution in [3.63, 3.8) is 0 Å². The summed E-state index contributed by atoms with van der Waals surface area (Å²) >= 11 is 5.96. The molecule has 0 aliphatic carbocycles. The molecule has 1 aromatic heterocycles. The van der Waals surface area contributed by atoms with Gasteiger partial charge in [0.25, 0.3) is 10.0 Å². The highest BCUT2D eigenvalue weighted by atomic mass is 35.5. The van der Waals surface area contributed by atoms with E-state index in [1.807, 2.05) is 32.0 Å². The van der Waals surface area contributed by atoms with Gasteiger partial charge in [-0.25, -0.2) is 18.1 Å². The molecule has 0 amide bonds. The van der Waals surface area contributed by atoms with Crippen LogP contribution in [-0.2, 0) is 17.1 Å². The highest BCUT2D eigenvalue weighted by Gasteiger charge is 2.25. The van der Waals surface area contributed by atoms with Gasteiger partial charge in [-0.15, -0.1) is 0 Å². The van der Waals surface area contributed by atoms with E-state index in [1.54, 1.807) is 14.0 Å². The summed E-state index contributed by atoms with van der Waals surface area (Å²) in [6.45, 7) is 5.73. The molecule has 1 unspecified atom stereocenters. The van der Waals surface area contributed by atoms with E-state index in [-0.39, 0.29) is 16.2 Å². The van der Waals surface area contributed by atoms with Crippen molar-refractivity contribution in [2.75, 3.05) is 0 Å². The Bertz CT molecular complexity index is 769. The number of halogens is 1. The zero-order chi connectivity index (χ0) is 15.8. The van der Waals surface area contributed by atoms with Crippen LogP contribution in [0, 0.1) is 13.8 Å². The average molecular weight is 328 g/mol. The molecule has 1 heterocycles. The number of sulfonamides is 1. The number of benzene rings is 1. The molecule has 7 heteroatoms. The second-order valence-corrected chi connectivity index (χ2v) is 7.14. The third kappa shape index (κ3) is 3.28. The van der Waals surface area contributed by atoms with E-state index in [1.165, 1.54) is 10.9 Å². The maximum Gasteiger partial charge on any atom is 0.261 e. The first-order chi connectivity index (χ1) is 9.72. The summed E-state index contributed by atoms with van der Waals surface area (Å²) in [6.07, 6.45) is 1.37. The van der Waals surface area contributed by atoms with Crippen LogP contribution >= 0.6 is 11.6 Å². The normalized spacial score (nSPS) is 13.4. The van der Waals surface area contributed by atoms with Gasteiger partial charge in [-0.05, 0) is 31.9 Å². The fourth-order valence-electron chi connectivity index (χ4n) is 2.15. The van der Waals surface area contributed by atoms with Crippen LogP contribution in [0.5, 0.6) is 0 Å². The summed E-state index contributed by atoms with van der Waals surface area (Å²) in [6, 6.07) is 5.58. The third-order valence-corrected chi connectivity index (χ3v) is 5.35. The van der Waals surface area contributed by atoms with Gasteiger partial charge in [-0.1, -0.05) is 35.4 Å². The topological polar surface area (TPSA) is 64.0 Å². The van der Waals surface area contributed by atoms with Gasteiger partial charge in [0.15, 0.2) is 0 Å². The van der Waals surface area contributed by atoms with Gasteiger partial charge in [0.2, 0.25) is 5.03 Å². The number of hydrogen-bond donors (Lipinski definition) is 1. The first-order valence-corrected chi connectivity index (χ1v) is 8.35. The van der Waals surface area contributed by atoms with Crippen molar-refractivity contribution in [3.05, 3.63) is 46.4 Å². The number of hydrogen-bond acceptors (Lipinski definition) is 3. The molecule has 0 bridgehead atoms. The Morgan fingerprint density at radius 1 is 1.33 bits per heavy atom. The van der Waals surface area contributed by atoms with E-state index in [0.29, 0.717) is 0 Å². The van der Waals surface area contributed by atoms with E-state index in [4.69, 9.17) is 11.6 Å². The molecule has 0 spiro atoms. The molecule has 1 aromatic carbocycles. The Morgan fingerprint density at radius 2 is 2.00 bits per heavy atom. The van der Waals surface area contributed by atoms with E-state index in [9.17, 15) is 8.42 Å². The minimum absolute atomic E-state index is 0.0932. The van der Waals surface area contributed by atoms with Crippen LogP contribution in [0.25, 0.3) is 0 Å². The lowest BCUT2D eigenvalue weighted by molar-refractivity contribution is 0.563. The maximum absolute atomic E-state index is 12.4. The number of rotatable bonds is 4. The van der Waals surface area contributed by atoms with Gasteiger partial charge >= 0.3 is 0 Å². The number of imidazole rings is 1. The summed E-state index contributed by atoms with van der Waals surface area (Å²) < 4.78 is 28.8. The van der Waals surface area contributed by atoms with Crippen LogP contribution in [0.4, 0.5) is 0 Å². The molecule has 0 saturated carbocycles. The van der Waals surface area contributed by atoms with E-state index in [2.05, 4.69) is 9.71 Å². The van der Waals surface area contributed by atoms with E-state index < -0.39 is 10.0 Å². The lowest BCUT2D eigenvalue weighted by Crippen LogP contribution is -2.28. The van der Waals surface area contributed by atoms with Crippen molar-refractivity contribution < 1.29 is 8.42 Å². The maximum atomic E-state index is 12.4. The average Bonchev–Trinajstić information content (AvgIpc) is 2.73.